The number of fused-ring (bicyclic) bond motifs is 1. The van der Waals surface area contributed by atoms with Crippen LogP contribution in [0.25, 0.3) is 16.9 Å². The van der Waals surface area contributed by atoms with Gasteiger partial charge in [-0.1, -0.05) is 49.4 Å². The molecule has 134 valence electrons. The Labute approximate surface area is 157 Å². The van der Waals surface area contributed by atoms with Crippen molar-refractivity contribution in [2.24, 2.45) is 10.2 Å². The largest absolute Gasteiger partial charge is 0.282 e. The minimum Gasteiger partial charge on any atom is -0.282 e. The average molecular weight is 358 g/mol. The van der Waals surface area contributed by atoms with Crippen molar-refractivity contribution in [1.82, 2.24) is 9.38 Å². The van der Waals surface area contributed by atoms with E-state index in [4.69, 9.17) is 4.98 Å². The molecule has 5 heteroatoms. The third kappa shape index (κ3) is 3.36. The fourth-order valence-corrected chi connectivity index (χ4v) is 2.96. The summed E-state index contributed by atoms with van der Waals surface area (Å²) >= 11 is 0. The molecule has 0 saturated heterocycles. The SMILES string of the molecule is CCc1ccc(-c2nc3ccc(C)cn3c2N=Nc2ccccc2F)cc1. The quantitative estimate of drug-likeness (QED) is 0.388. The van der Waals surface area contributed by atoms with E-state index in [-0.39, 0.29) is 5.69 Å². The molecule has 4 nitrogen and oxygen atoms in total. The molecule has 0 aliphatic rings. The van der Waals surface area contributed by atoms with E-state index in [9.17, 15) is 4.39 Å². The Bertz CT molecular complexity index is 1130. The fourth-order valence-electron chi connectivity index (χ4n) is 2.96. The monoisotopic (exact) mass is 358 g/mol. The second kappa shape index (κ2) is 7.11. The molecule has 0 aliphatic carbocycles. The summed E-state index contributed by atoms with van der Waals surface area (Å²) < 4.78 is 15.8. The van der Waals surface area contributed by atoms with Crippen LogP contribution >= 0.6 is 0 Å². The molecule has 0 unspecified atom stereocenters. The predicted molar refractivity (Wildman–Crippen MR) is 105 cm³/mol. The van der Waals surface area contributed by atoms with Crippen LogP contribution < -0.4 is 0 Å². The first-order valence-electron chi connectivity index (χ1n) is 8.90. The van der Waals surface area contributed by atoms with Gasteiger partial charge in [0, 0.05) is 11.8 Å². The van der Waals surface area contributed by atoms with Gasteiger partial charge in [0.1, 0.15) is 17.0 Å². The molecule has 0 aliphatic heterocycles. The maximum absolute atomic E-state index is 13.9. The van der Waals surface area contributed by atoms with Crippen LogP contribution in [-0.4, -0.2) is 9.38 Å². The van der Waals surface area contributed by atoms with E-state index in [2.05, 4.69) is 29.3 Å². The lowest BCUT2D eigenvalue weighted by Crippen LogP contribution is -1.85. The summed E-state index contributed by atoms with van der Waals surface area (Å²) in [5.41, 5.74) is 4.99. The normalized spacial score (nSPS) is 11.5. The number of aromatic nitrogens is 2. The summed E-state index contributed by atoms with van der Waals surface area (Å²) in [4.78, 5) is 4.73. The van der Waals surface area contributed by atoms with E-state index in [0.717, 1.165) is 28.9 Å². The summed E-state index contributed by atoms with van der Waals surface area (Å²) in [5, 5.41) is 8.51. The number of imidazole rings is 1. The van der Waals surface area contributed by atoms with E-state index in [0.29, 0.717) is 5.82 Å². The van der Waals surface area contributed by atoms with Crippen molar-refractivity contribution in [1.29, 1.82) is 0 Å². The molecule has 0 bridgehead atoms. The number of hydrogen-bond donors (Lipinski definition) is 0. The Morgan fingerprint density at radius 1 is 0.963 bits per heavy atom. The Hall–Kier alpha value is -3.34. The zero-order valence-corrected chi connectivity index (χ0v) is 15.2. The number of rotatable bonds is 4. The number of benzene rings is 2. The van der Waals surface area contributed by atoms with Gasteiger partial charge in [-0.3, -0.25) is 4.40 Å². The first kappa shape index (κ1) is 17.1. The van der Waals surface area contributed by atoms with Crippen LogP contribution in [0.1, 0.15) is 18.1 Å². The maximum atomic E-state index is 13.9. The van der Waals surface area contributed by atoms with Gasteiger partial charge in [-0.15, -0.1) is 10.2 Å². The highest BCUT2D eigenvalue weighted by Crippen LogP contribution is 2.33. The van der Waals surface area contributed by atoms with E-state index in [1.807, 2.05) is 41.8 Å². The van der Waals surface area contributed by atoms with E-state index in [1.54, 1.807) is 18.2 Å². The standard InChI is InChI=1S/C22H19FN4/c1-3-16-9-11-17(12-10-16)21-22(26-25-19-7-5-4-6-18(19)23)27-14-15(2)8-13-20(27)24-21/h4-14H,3H2,1-2H3. The van der Waals surface area contributed by atoms with Crippen LogP contribution in [0.4, 0.5) is 15.9 Å². The Balaban J connectivity index is 1.88. The maximum Gasteiger partial charge on any atom is 0.187 e. The Kier molecular flexibility index (Phi) is 4.50. The molecule has 0 spiro atoms. The van der Waals surface area contributed by atoms with Gasteiger partial charge in [0.05, 0.1) is 0 Å². The Morgan fingerprint density at radius 2 is 1.74 bits per heavy atom. The minimum atomic E-state index is -0.403. The minimum absolute atomic E-state index is 0.201. The summed E-state index contributed by atoms with van der Waals surface area (Å²) in [6.07, 6.45) is 2.94. The van der Waals surface area contributed by atoms with Crippen LogP contribution in [0, 0.1) is 12.7 Å². The molecule has 2 heterocycles. The Morgan fingerprint density at radius 3 is 2.48 bits per heavy atom. The highest BCUT2D eigenvalue weighted by Gasteiger charge is 2.14. The van der Waals surface area contributed by atoms with Gasteiger partial charge >= 0.3 is 0 Å². The number of aryl methyl sites for hydroxylation is 2. The topological polar surface area (TPSA) is 42.0 Å². The van der Waals surface area contributed by atoms with Gasteiger partial charge in [-0.05, 0) is 42.7 Å². The van der Waals surface area contributed by atoms with E-state index >= 15 is 0 Å². The summed E-state index contributed by atoms with van der Waals surface area (Å²) in [7, 11) is 0. The summed E-state index contributed by atoms with van der Waals surface area (Å²) in [5.74, 6) is 0.182. The first-order valence-corrected chi connectivity index (χ1v) is 8.90. The molecule has 0 saturated carbocycles. The highest BCUT2D eigenvalue weighted by atomic mass is 19.1. The van der Waals surface area contributed by atoms with Crippen molar-refractivity contribution >= 4 is 17.2 Å². The molecule has 4 rings (SSSR count). The van der Waals surface area contributed by atoms with Crippen molar-refractivity contribution in [3.05, 3.63) is 83.8 Å². The van der Waals surface area contributed by atoms with Gasteiger partial charge in [-0.2, -0.15) is 0 Å². The van der Waals surface area contributed by atoms with Crippen molar-refractivity contribution in [3.63, 3.8) is 0 Å². The number of azo groups is 1. The zero-order chi connectivity index (χ0) is 18.8. The molecule has 4 aromatic rings. The van der Waals surface area contributed by atoms with Crippen LogP contribution in [0.2, 0.25) is 0 Å². The molecule has 0 amide bonds. The van der Waals surface area contributed by atoms with Crippen molar-refractivity contribution in [3.8, 4) is 11.3 Å². The molecule has 27 heavy (non-hydrogen) atoms. The van der Waals surface area contributed by atoms with Crippen LogP contribution in [0.5, 0.6) is 0 Å². The van der Waals surface area contributed by atoms with Crippen molar-refractivity contribution in [2.75, 3.05) is 0 Å². The molecule has 2 aromatic carbocycles. The fraction of sp³-hybridized carbons (Fsp3) is 0.136. The smallest absolute Gasteiger partial charge is 0.187 e. The number of halogens is 1. The second-order valence-electron chi connectivity index (χ2n) is 6.42. The number of pyridine rings is 1. The predicted octanol–water partition coefficient (Wildman–Crippen LogP) is 6.43. The molecule has 0 atom stereocenters. The second-order valence-corrected chi connectivity index (χ2v) is 6.42. The van der Waals surface area contributed by atoms with Gasteiger partial charge in [-0.25, -0.2) is 9.37 Å². The average Bonchev–Trinajstić information content (AvgIpc) is 3.05. The van der Waals surface area contributed by atoms with E-state index < -0.39 is 5.82 Å². The molecular weight excluding hydrogens is 339 g/mol. The number of hydrogen-bond acceptors (Lipinski definition) is 3. The lowest BCUT2D eigenvalue weighted by Gasteiger charge is -2.02. The van der Waals surface area contributed by atoms with Gasteiger partial charge in [0.25, 0.3) is 0 Å². The van der Waals surface area contributed by atoms with Gasteiger partial charge in [0.15, 0.2) is 11.6 Å². The lowest BCUT2D eigenvalue weighted by molar-refractivity contribution is 0.628. The number of nitrogens with zero attached hydrogens (tertiary/aromatic N) is 4. The lowest BCUT2D eigenvalue weighted by atomic mass is 10.1. The zero-order valence-electron chi connectivity index (χ0n) is 15.2. The molecular formula is C22H19FN4. The first-order chi connectivity index (χ1) is 13.2. The van der Waals surface area contributed by atoms with Crippen molar-refractivity contribution in [2.45, 2.75) is 20.3 Å². The van der Waals surface area contributed by atoms with Gasteiger partial charge < -0.3 is 0 Å². The van der Waals surface area contributed by atoms with Crippen LogP contribution in [-0.2, 0) is 6.42 Å². The van der Waals surface area contributed by atoms with E-state index in [1.165, 1.54) is 11.6 Å². The molecule has 0 fully saturated rings. The summed E-state index contributed by atoms with van der Waals surface area (Å²) in [6, 6.07) is 18.5. The van der Waals surface area contributed by atoms with Crippen molar-refractivity contribution < 1.29 is 4.39 Å². The summed E-state index contributed by atoms with van der Waals surface area (Å²) in [6.45, 7) is 4.13. The van der Waals surface area contributed by atoms with Gasteiger partial charge in [0.2, 0.25) is 0 Å². The third-order valence-electron chi connectivity index (χ3n) is 4.48. The highest BCUT2D eigenvalue weighted by molar-refractivity contribution is 5.74. The molecule has 0 N–H and O–H groups in total. The van der Waals surface area contributed by atoms with Crippen LogP contribution in [0.15, 0.2) is 77.1 Å². The molecule has 0 radical (unpaired) electrons. The molecule has 2 aromatic heterocycles. The van der Waals surface area contributed by atoms with Crippen LogP contribution in [0.3, 0.4) is 0 Å². The third-order valence-corrected chi connectivity index (χ3v) is 4.48.